The highest BCUT2D eigenvalue weighted by Gasteiger charge is 2.12. The Hall–Kier alpha value is -0.380. The van der Waals surface area contributed by atoms with Crippen LogP contribution in [0.1, 0.15) is 37.7 Å². The van der Waals surface area contributed by atoms with Crippen molar-refractivity contribution >= 4 is 11.3 Å². The van der Waals surface area contributed by atoms with Crippen LogP contribution in [0.25, 0.3) is 0 Å². The standard InChI is InChI=1S/C12H21NOS/c1-3-5-8-13(4-2)10-11(14)12-7-6-9-15-12/h6-7,9,11,14H,3-5,8,10H2,1-2H3. The minimum atomic E-state index is -0.318. The molecule has 1 aromatic rings. The van der Waals surface area contributed by atoms with Crippen LogP contribution >= 0.6 is 11.3 Å². The molecule has 0 aliphatic heterocycles. The number of hydrogen-bond acceptors (Lipinski definition) is 3. The van der Waals surface area contributed by atoms with Gasteiger partial charge in [-0.1, -0.05) is 26.3 Å². The molecule has 0 amide bonds. The first-order chi connectivity index (χ1) is 7.27. The zero-order chi connectivity index (χ0) is 11.1. The maximum absolute atomic E-state index is 9.98. The van der Waals surface area contributed by atoms with E-state index in [4.69, 9.17) is 0 Å². The normalized spacial score (nSPS) is 13.3. The van der Waals surface area contributed by atoms with Crippen molar-refractivity contribution < 1.29 is 5.11 Å². The molecular weight excluding hydrogens is 206 g/mol. The Balaban J connectivity index is 2.37. The van der Waals surface area contributed by atoms with Gasteiger partial charge in [-0.05, 0) is 31.0 Å². The Kier molecular flexibility index (Phi) is 5.91. The van der Waals surface area contributed by atoms with Gasteiger partial charge in [0.1, 0.15) is 6.10 Å². The Morgan fingerprint density at radius 2 is 2.27 bits per heavy atom. The van der Waals surface area contributed by atoms with Crippen molar-refractivity contribution in [1.82, 2.24) is 4.90 Å². The van der Waals surface area contributed by atoms with Gasteiger partial charge in [0.05, 0.1) is 0 Å². The van der Waals surface area contributed by atoms with Gasteiger partial charge in [0.25, 0.3) is 0 Å². The van der Waals surface area contributed by atoms with E-state index in [-0.39, 0.29) is 6.10 Å². The summed E-state index contributed by atoms with van der Waals surface area (Å²) >= 11 is 1.63. The summed E-state index contributed by atoms with van der Waals surface area (Å²) in [4.78, 5) is 3.39. The summed E-state index contributed by atoms with van der Waals surface area (Å²) in [6.07, 6.45) is 2.11. The van der Waals surface area contributed by atoms with Crippen LogP contribution in [-0.2, 0) is 0 Å². The number of aliphatic hydroxyl groups excluding tert-OH is 1. The molecule has 15 heavy (non-hydrogen) atoms. The van der Waals surface area contributed by atoms with Gasteiger partial charge >= 0.3 is 0 Å². The largest absolute Gasteiger partial charge is 0.386 e. The minimum absolute atomic E-state index is 0.318. The SMILES string of the molecule is CCCCN(CC)CC(O)c1cccs1. The van der Waals surface area contributed by atoms with Gasteiger partial charge in [0.2, 0.25) is 0 Å². The van der Waals surface area contributed by atoms with Crippen molar-refractivity contribution in [2.75, 3.05) is 19.6 Å². The van der Waals surface area contributed by atoms with Gasteiger partial charge in [-0.3, -0.25) is 0 Å². The van der Waals surface area contributed by atoms with Gasteiger partial charge in [-0.2, -0.15) is 0 Å². The Morgan fingerprint density at radius 3 is 2.80 bits per heavy atom. The molecule has 0 fully saturated rings. The highest BCUT2D eigenvalue weighted by molar-refractivity contribution is 7.10. The molecule has 1 unspecified atom stereocenters. The summed E-state index contributed by atoms with van der Waals surface area (Å²) < 4.78 is 0. The van der Waals surface area contributed by atoms with E-state index in [1.54, 1.807) is 11.3 Å². The molecule has 3 heteroatoms. The second-order valence-electron chi connectivity index (χ2n) is 3.78. The monoisotopic (exact) mass is 227 g/mol. The smallest absolute Gasteiger partial charge is 0.101 e. The van der Waals surface area contributed by atoms with Gasteiger partial charge in [-0.25, -0.2) is 0 Å². The quantitative estimate of drug-likeness (QED) is 0.774. The van der Waals surface area contributed by atoms with Crippen LogP contribution in [0.3, 0.4) is 0 Å². The molecule has 0 spiro atoms. The number of rotatable bonds is 7. The van der Waals surface area contributed by atoms with Crippen molar-refractivity contribution in [3.63, 3.8) is 0 Å². The Morgan fingerprint density at radius 1 is 1.47 bits per heavy atom. The lowest BCUT2D eigenvalue weighted by atomic mass is 10.2. The highest BCUT2D eigenvalue weighted by atomic mass is 32.1. The molecule has 1 N–H and O–H groups in total. The maximum atomic E-state index is 9.98. The van der Waals surface area contributed by atoms with Gasteiger partial charge in [-0.15, -0.1) is 11.3 Å². The molecule has 0 aliphatic rings. The van der Waals surface area contributed by atoms with Crippen LogP contribution in [0.5, 0.6) is 0 Å². The molecular formula is C12H21NOS. The summed E-state index contributed by atoms with van der Waals surface area (Å²) in [6.45, 7) is 7.22. The lowest BCUT2D eigenvalue weighted by molar-refractivity contribution is 0.118. The molecule has 1 atom stereocenters. The number of nitrogens with zero attached hydrogens (tertiary/aromatic N) is 1. The van der Waals surface area contributed by atoms with Crippen molar-refractivity contribution in [3.05, 3.63) is 22.4 Å². The third kappa shape index (κ3) is 4.33. The van der Waals surface area contributed by atoms with Crippen LogP contribution in [-0.4, -0.2) is 29.6 Å². The molecule has 1 rings (SSSR count). The average molecular weight is 227 g/mol. The average Bonchev–Trinajstić information content (AvgIpc) is 2.77. The van der Waals surface area contributed by atoms with Gasteiger partial charge in [0.15, 0.2) is 0 Å². The van der Waals surface area contributed by atoms with E-state index >= 15 is 0 Å². The molecule has 86 valence electrons. The van der Waals surface area contributed by atoms with Crippen molar-refractivity contribution in [2.45, 2.75) is 32.8 Å². The zero-order valence-electron chi connectivity index (χ0n) is 9.65. The van der Waals surface area contributed by atoms with Crippen LogP contribution in [0.4, 0.5) is 0 Å². The summed E-state index contributed by atoms with van der Waals surface area (Å²) in [6, 6.07) is 3.99. The fourth-order valence-electron chi connectivity index (χ4n) is 1.58. The fraction of sp³-hybridized carbons (Fsp3) is 0.667. The summed E-state index contributed by atoms with van der Waals surface area (Å²) in [5.74, 6) is 0. The van der Waals surface area contributed by atoms with Gasteiger partial charge in [0, 0.05) is 11.4 Å². The van der Waals surface area contributed by atoms with E-state index in [1.165, 1.54) is 12.8 Å². The van der Waals surface area contributed by atoms with E-state index in [0.717, 1.165) is 24.5 Å². The first kappa shape index (κ1) is 12.7. The molecule has 1 aromatic heterocycles. The number of unbranched alkanes of at least 4 members (excludes halogenated alkanes) is 1. The minimum Gasteiger partial charge on any atom is -0.386 e. The third-order valence-electron chi connectivity index (χ3n) is 2.58. The first-order valence-corrected chi connectivity index (χ1v) is 6.59. The molecule has 0 bridgehead atoms. The van der Waals surface area contributed by atoms with Crippen LogP contribution in [0.15, 0.2) is 17.5 Å². The van der Waals surface area contributed by atoms with E-state index in [1.807, 2.05) is 17.5 Å². The summed E-state index contributed by atoms with van der Waals surface area (Å²) in [5.41, 5.74) is 0. The molecule has 0 saturated carbocycles. The summed E-state index contributed by atoms with van der Waals surface area (Å²) in [5, 5.41) is 12.0. The number of aliphatic hydroxyl groups is 1. The molecule has 0 aromatic carbocycles. The Labute approximate surface area is 96.5 Å². The number of likely N-dealkylation sites (N-methyl/N-ethyl adjacent to an activating group) is 1. The Bertz CT molecular complexity index is 248. The van der Waals surface area contributed by atoms with Crippen molar-refractivity contribution in [3.8, 4) is 0 Å². The molecule has 0 saturated heterocycles. The van der Waals surface area contributed by atoms with E-state index in [0.29, 0.717) is 0 Å². The predicted octanol–water partition coefficient (Wildman–Crippen LogP) is 2.90. The second kappa shape index (κ2) is 6.99. The van der Waals surface area contributed by atoms with E-state index in [2.05, 4.69) is 18.7 Å². The third-order valence-corrected chi connectivity index (χ3v) is 3.55. The fourth-order valence-corrected chi connectivity index (χ4v) is 2.28. The van der Waals surface area contributed by atoms with E-state index < -0.39 is 0 Å². The maximum Gasteiger partial charge on any atom is 0.101 e. The molecule has 1 heterocycles. The zero-order valence-corrected chi connectivity index (χ0v) is 10.5. The van der Waals surface area contributed by atoms with Crippen LogP contribution in [0, 0.1) is 0 Å². The van der Waals surface area contributed by atoms with Gasteiger partial charge < -0.3 is 10.0 Å². The second-order valence-corrected chi connectivity index (χ2v) is 4.76. The molecule has 0 aliphatic carbocycles. The first-order valence-electron chi connectivity index (χ1n) is 5.71. The lowest BCUT2D eigenvalue weighted by Gasteiger charge is -2.22. The lowest BCUT2D eigenvalue weighted by Crippen LogP contribution is -2.29. The van der Waals surface area contributed by atoms with E-state index in [9.17, 15) is 5.11 Å². The van der Waals surface area contributed by atoms with Crippen molar-refractivity contribution in [2.24, 2.45) is 0 Å². The predicted molar refractivity (Wildman–Crippen MR) is 66.3 cm³/mol. The van der Waals surface area contributed by atoms with Crippen LogP contribution < -0.4 is 0 Å². The summed E-state index contributed by atoms with van der Waals surface area (Å²) in [7, 11) is 0. The topological polar surface area (TPSA) is 23.5 Å². The van der Waals surface area contributed by atoms with Crippen LogP contribution in [0.2, 0.25) is 0 Å². The number of thiophene rings is 1. The number of hydrogen-bond donors (Lipinski definition) is 1. The molecule has 2 nitrogen and oxygen atoms in total. The van der Waals surface area contributed by atoms with Crippen molar-refractivity contribution in [1.29, 1.82) is 0 Å². The molecule has 0 radical (unpaired) electrons. The highest BCUT2D eigenvalue weighted by Crippen LogP contribution is 2.19.